The lowest BCUT2D eigenvalue weighted by Gasteiger charge is -1.69. The summed E-state index contributed by atoms with van der Waals surface area (Å²) >= 11 is 4.10. The molecule has 1 aromatic rings. The number of amides is 1. The molecule has 1 aromatic heterocycles. The van der Waals surface area contributed by atoms with Crippen LogP contribution in [-0.4, -0.2) is 26.9 Å². The van der Waals surface area contributed by atoms with E-state index in [9.17, 15) is 4.79 Å². The molecule has 0 radical (unpaired) electrons. The predicted octanol–water partition coefficient (Wildman–Crippen LogP) is -1.69. The lowest BCUT2D eigenvalue weighted by molar-refractivity contribution is -0.459. The Morgan fingerprint density at radius 1 is 1.80 bits per heavy atom. The Labute approximate surface area is 60.3 Å². The number of tetrazole rings is 1. The maximum Gasteiger partial charge on any atom is 0.390 e. The molecule has 0 fully saturated rings. The Morgan fingerprint density at radius 3 is 2.90 bits per heavy atom. The van der Waals surface area contributed by atoms with E-state index in [2.05, 4.69) is 37.4 Å². The van der Waals surface area contributed by atoms with E-state index in [4.69, 9.17) is 0 Å². The van der Waals surface area contributed by atoms with Gasteiger partial charge < -0.3 is 5.48 Å². The van der Waals surface area contributed by atoms with Crippen LogP contribution in [0.15, 0.2) is 4.36 Å². The zero-order valence-electron chi connectivity index (χ0n) is 4.61. The van der Waals surface area contributed by atoms with Crippen LogP contribution in [0.25, 0.3) is 0 Å². The highest BCUT2D eigenvalue weighted by Crippen LogP contribution is 1.80. The predicted molar refractivity (Wildman–Crippen MR) is 29.0 cm³/mol. The molecular weight excluding hydrogens is 158 g/mol. The summed E-state index contributed by atoms with van der Waals surface area (Å²) < 4.78 is 2.92. The third-order valence-electron chi connectivity index (χ3n) is 0.660. The van der Waals surface area contributed by atoms with E-state index in [1.54, 1.807) is 0 Å². The first-order valence-corrected chi connectivity index (χ1v) is 2.37. The van der Waals surface area contributed by atoms with Gasteiger partial charge in [-0.25, -0.2) is 0 Å². The molecule has 0 spiro atoms. The van der Waals surface area contributed by atoms with Crippen LogP contribution in [-0.2, 0) is 12.4 Å². The lowest BCUT2D eigenvalue weighted by Crippen LogP contribution is -2.13. The van der Waals surface area contributed by atoms with Crippen molar-refractivity contribution in [3.63, 3.8) is 0 Å². The van der Waals surface area contributed by atoms with E-state index in [1.165, 1.54) is 0 Å². The minimum absolute atomic E-state index is 0. The number of hydrogen-bond donors (Lipinski definition) is 1. The Hall–Kier alpha value is -1.28. The summed E-state index contributed by atoms with van der Waals surface area (Å²) in [5.41, 5.74) is 0. The molecule has 0 aliphatic heterocycles. The maximum absolute atomic E-state index is 10.4. The quantitative estimate of drug-likeness (QED) is 0.527. The van der Waals surface area contributed by atoms with E-state index >= 15 is 0 Å². The second-order valence-electron chi connectivity index (χ2n) is 1.18. The smallest absolute Gasteiger partial charge is 0.390 e. The Morgan fingerprint density at radius 2 is 2.50 bits per heavy atom. The Balaban J connectivity index is 0.000000810. The average molecular weight is 161 g/mol. The van der Waals surface area contributed by atoms with Crippen LogP contribution in [0.2, 0.25) is 0 Å². The van der Waals surface area contributed by atoms with E-state index in [0.717, 1.165) is 0 Å². The SMILES string of the molecule is O=C(N=S)c1nn[nH][nH+]1.[OH-]. The zero-order chi connectivity index (χ0) is 6.69. The van der Waals surface area contributed by atoms with Crippen molar-refractivity contribution in [1.29, 1.82) is 0 Å². The highest BCUT2D eigenvalue weighted by molar-refractivity contribution is 7.47. The van der Waals surface area contributed by atoms with Crippen LogP contribution in [0, 0.1) is 0 Å². The number of carbonyl (C=O) groups is 1. The van der Waals surface area contributed by atoms with Crippen LogP contribution in [0.1, 0.15) is 10.6 Å². The Kier molecular flexibility index (Phi) is 3.22. The van der Waals surface area contributed by atoms with Gasteiger partial charge in [-0.15, -0.1) is 4.36 Å². The monoisotopic (exact) mass is 161 g/mol. The number of nitrogens with zero attached hydrogens (tertiary/aromatic N) is 3. The largest absolute Gasteiger partial charge is 0.870 e. The molecule has 1 heterocycles. The fourth-order valence-electron chi connectivity index (χ4n) is 0.317. The number of aromatic amines is 2. The van der Waals surface area contributed by atoms with E-state index in [1.807, 2.05) is 0 Å². The summed E-state index contributed by atoms with van der Waals surface area (Å²) in [6.07, 6.45) is 0. The van der Waals surface area contributed by atoms with Gasteiger partial charge in [0.2, 0.25) is 0 Å². The molecule has 0 atom stereocenters. The van der Waals surface area contributed by atoms with E-state index in [0.29, 0.717) is 0 Å². The molecule has 0 saturated carbocycles. The van der Waals surface area contributed by atoms with Crippen molar-refractivity contribution < 1.29 is 15.4 Å². The number of aromatic nitrogens is 4. The van der Waals surface area contributed by atoms with Crippen LogP contribution < -0.4 is 5.10 Å². The third-order valence-corrected chi connectivity index (χ3v) is 0.826. The van der Waals surface area contributed by atoms with Crippen molar-refractivity contribution in [3.05, 3.63) is 5.82 Å². The molecule has 0 aliphatic rings. The molecule has 10 heavy (non-hydrogen) atoms. The van der Waals surface area contributed by atoms with Crippen LogP contribution in [0.4, 0.5) is 0 Å². The molecule has 7 nitrogen and oxygen atoms in total. The Bertz CT molecular complexity index is 220. The molecule has 0 aromatic carbocycles. The summed E-state index contributed by atoms with van der Waals surface area (Å²) in [6.45, 7) is 0. The van der Waals surface area contributed by atoms with Crippen molar-refractivity contribution in [2.45, 2.75) is 0 Å². The van der Waals surface area contributed by atoms with Crippen molar-refractivity contribution in [2.24, 2.45) is 4.36 Å². The van der Waals surface area contributed by atoms with Crippen LogP contribution in [0.5, 0.6) is 0 Å². The molecule has 0 aliphatic carbocycles. The van der Waals surface area contributed by atoms with Crippen molar-refractivity contribution in [1.82, 2.24) is 15.5 Å². The summed E-state index contributed by atoms with van der Waals surface area (Å²) in [4.78, 5) is 10.4. The normalized spacial score (nSPS) is 8.00. The maximum atomic E-state index is 10.4. The molecule has 0 bridgehead atoms. The van der Waals surface area contributed by atoms with Crippen molar-refractivity contribution in [3.8, 4) is 0 Å². The molecule has 0 saturated heterocycles. The van der Waals surface area contributed by atoms with E-state index in [-0.39, 0.29) is 11.3 Å². The van der Waals surface area contributed by atoms with Gasteiger partial charge in [-0.05, 0) is 0 Å². The number of carbonyl (C=O) groups excluding carboxylic acids is 1. The molecular formula is C2H3N5O2S. The first-order valence-electron chi connectivity index (χ1n) is 2.01. The zero-order valence-corrected chi connectivity index (χ0v) is 5.42. The van der Waals surface area contributed by atoms with Crippen LogP contribution in [0.3, 0.4) is 0 Å². The minimum atomic E-state index is -0.598. The minimum Gasteiger partial charge on any atom is -0.870 e. The highest BCUT2D eigenvalue weighted by atomic mass is 32.1. The van der Waals surface area contributed by atoms with Gasteiger partial charge in [-0.3, -0.25) is 4.79 Å². The third kappa shape index (κ3) is 1.60. The lowest BCUT2D eigenvalue weighted by atomic mass is 10.6. The van der Waals surface area contributed by atoms with Crippen LogP contribution >= 0.6 is 0 Å². The van der Waals surface area contributed by atoms with Gasteiger partial charge in [0.05, 0.1) is 0 Å². The standard InChI is InChI=1S/C2HN5OS.H2O/c8-2(5-9)1-3-6-7-4-1;/h(H,3,4,6,7);1H2. The number of H-pyrrole nitrogens is 2. The van der Waals surface area contributed by atoms with Gasteiger partial charge in [0, 0.05) is 12.4 Å². The summed E-state index contributed by atoms with van der Waals surface area (Å²) in [7, 11) is 0. The fourth-order valence-corrected chi connectivity index (χ4v) is 0.404. The van der Waals surface area contributed by atoms with Gasteiger partial charge in [0.25, 0.3) is 0 Å². The van der Waals surface area contributed by atoms with Crippen molar-refractivity contribution >= 4 is 18.3 Å². The topological polar surface area (TPSA) is 115 Å². The number of nitrogens with one attached hydrogen (secondary N) is 2. The highest BCUT2D eigenvalue weighted by Gasteiger charge is 2.14. The number of hydrogen-bond acceptors (Lipinski definition) is 5. The van der Waals surface area contributed by atoms with Gasteiger partial charge in [0.1, 0.15) is 5.10 Å². The second kappa shape index (κ2) is 3.69. The molecule has 3 N–H and O–H groups in total. The van der Waals surface area contributed by atoms with Gasteiger partial charge in [-0.2, -0.15) is 5.10 Å². The molecule has 1 rings (SSSR count). The average Bonchev–Trinajstić information content (AvgIpc) is 2.37. The first-order chi connectivity index (χ1) is 4.34. The van der Waals surface area contributed by atoms with Gasteiger partial charge >= 0.3 is 11.7 Å². The summed E-state index contributed by atoms with van der Waals surface area (Å²) in [5, 5.41) is 11.1. The van der Waals surface area contributed by atoms with Gasteiger partial charge in [0.15, 0.2) is 5.21 Å². The van der Waals surface area contributed by atoms with Crippen molar-refractivity contribution in [2.75, 3.05) is 0 Å². The summed E-state index contributed by atoms with van der Waals surface area (Å²) in [6, 6.07) is 0. The molecule has 0 unspecified atom stereocenters. The second-order valence-corrected chi connectivity index (χ2v) is 1.36. The van der Waals surface area contributed by atoms with E-state index < -0.39 is 5.91 Å². The molecule has 8 heteroatoms. The van der Waals surface area contributed by atoms with Gasteiger partial charge in [-0.1, -0.05) is 5.21 Å². The number of rotatable bonds is 1. The molecule has 1 amide bonds. The fraction of sp³-hybridized carbons (Fsp3) is 0. The summed E-state index contributed by atoms with van der Waals surface area (Å²) in [5.74, 6) is -0.580. The molecule has 54 valence electrons. The first kappa shape index (κ1) is 8.72.